The molecule has 4 nitrogen and oxygen atoms in total. The van der Waals surface area contributed by atoms with Crippen molar-refractivity contribution in [2.45, 2.75) is 57.4 Å². The van der Waals surface area contributed by atoms with Gasteiger partial charge in [0.25, 0.3) is 17.4 Å². The molecule has 4 rings (SSSR count). The van der Waals surface area contributed by atoms with Gasteiger partial charge in [0.15, 0.2) is 0 Å². The highest BCUT2D eigenvalue weighted by Gasteiger charge is 2.50. The van der Waals surface area contributed by atoms with Crippen LogP contribution in [0, 0.1) is 5.41 Å². The molecular formula is C29H36ClNO3SSi. The zero-order chi connectivity index (χ0) is 26.2. The van der Waals surface area contributed by atoms with E-state index >= 15 is 0 Å². The topological polar surface area (TPSA) is 55.4 Å². The summed E-state index contributed by atoms with van der Waals surface area (Å²) in [4.78, 5) is 0.164. The van der Waals surface area contributed by atoms with E-state index in [1.165, 1.54) is 10.4 Å². The van der Waals surface area contributed by atoms with Gasteiger partial charge >= 0.3 is 0 Å². The van der Waals surface area contributed by atoms with Gasteiger partial charge in [-0.3, -0.25) is 0 Å². The van der Waals surface area contributed by atoms with Crippen LogP contribution >= 0.6 is 10.7 Å². The molecule has 0 saturated carbocycles. The molecule has 0 amide bonds. The number of fused-ring (bicyclic) bond motifs is 1. The van der Waals surface area contributed by atoms with Crippen LogP contribution < -0.4 is 15.7 Å². The molecule has 36 heavy (non-hydrogen) atoms. The lowest BCUT2D eigenvalue weighted by Crippen LogP contribution is -2.66. The molecule has 3 aromatic rings. The van der Waals surface area contributed by atoms with Crippen molar-refractivity contribution in [3.05, 3.63) is 83.9 Å². The maximum absolute atomic E-state index is 12.5. The predicted molar refractivity (Wildman–Crippen MR) is 153 cm³/mol. The van der Waals surface area contributed by atoms with Crippen LogP contribution in [0.4, 0.5) is 5.69 Å². The summed E-state index contributed by atoms with van der Waals surface area (Å²) in [5.41, 5.74) is 2.59. The molecule has 0 aliphatic carbocycles. The number of hydrogen-bond acceptors (Lipinski definition) is 4. The third-order valence-corrected chi connectivity index (χ3v) is 13.4. The van der Waals surface area contributed by atoms with Crippen LogP contribution in [0.2, 0.25) is 5.04 Å². The molecule has 1 N–H and O–H groups in total. The average molecular weight is 542 g/mol. The maximum Gasteiger partial charge on any atom is 0.263 e. The largest absolute Gasteiger partial charge is 0.407 e. The molecule has 0 fully saturated rings. The van der Waals surface area contributed by atoms with Crippen molar-refractivity contribution in [3.63, 3.8) is 0 Å². The number of rotatable bonds is 7. The van der Waals surface area contributed by atoms with E-state index in [1.54, 1.807) is 6.07 Å². The lowest BCUT2D eigenvalue weighted by atomic mass is 9.81. The Morgan fingerprint density at radius 3 is 2.03 bits per heavy atom. The summed E-state index contributed by atoms with van der Waals surface area (Å²) in [6, 6.07) is 24.9. The van der Waals surface area contributed by atoms with Crippen molar-refractivity contribution in [3.8, 4) is 0 Å². The lowest BCUT2D eigenvalue weighted by molar-refractivity contribution is 0.301. The highest BCUT2D eigenvalue weighted by molar-refractivity contribution is 8.13. The second-order valence-electron chi connectivity index (χ2n) is 11.5. The van der Waals surface area contributed by atoms with Crippen LogP contribution in [-0.4, -0.2) is 29.9 Å². The van der Waals surface area contributed by atoms with Crippen molar-refractivity contribution >= 4 is 44.1 Å². The summed E-state index contributed by atoms with van der Waals surface area (Å²) in [5.74, 6) is 0. The number of hydrogen-bond donors (Lipinski definition) is 1. The SMILES string of the molecule is CC1(C)CNc2c(cc(CCO[Si](c3ccccc3)(c3ccccc3)C(C)(C)C)cc2S(=O)(=O)Cl)C1. The Bertz CT molecular complexity index is 1280. The quantitative estimate of drug-likeness (QED) is 0.307. The first kappa shape index (κ1) is 26.9. The normalized spacial score (nSPS) is 15.7. The zero-order valence-corrected chi connectivity index (χ0v) is 24.3. The van der Waals surface area contributed by atoms with Gasteiger partial charge in [0.05, 0.1) is 5.69 Å². The molecule has 0 radical (unpaired) electrons. The first-order valence-corrected chi connectivity index (χ1v) is 16.6. The monoisotopic (exact) mass is 541 g/mol. The van der Waals surface area contributed by atoms with Crippen molar-refractivity contribution in [1.29, 1.82) is 0 Å². The molecule has 1 heterocycles. The first-order chi connectivity index (χ1) is 16.8. The summed E-state index contributed by atoms with van der Waals surface area (Å²) in [7, 11) is -0.678. The van der Waals surface area contributed by atoms with Crippen LogP contribution in [-0.2, 0) is 26.3 Å². The smallest absolute Gasteiger partial charge is 0.263 e. The van der Waals surface area contributed by atoms with Crippen LogP contribution in [0.1, 0.15) is 45.7 Å². The van der Waals surface area contributed by atoms with E-state index in [2.05, 4.69) is 94.5 Å². The number of halogens is 1. The van der Waals surface area contributed by atoms with Crippen LogP contribution in [0.15, 0.2) is 77.7 Å². The molecule has 1 aliphatic heterocycles. The highest BCUT2D eigenvalue weighted by Crippen LogP contribution is 2.39. The standard InChI is InChI=1S/C29H36ClNO3SSi/c1-28(2,3)36(24-12-8-6-9-13-24,25-14-10-7-11-15-25)34-17-16-22-18-23-20-29(4,5)21-31-27(23)26(19-22)35(30,32)33/h6-15,18-19,31H,16-17,20-21H2,1-5H3. The van der Waals surface area contributed by atoms with Crippen LogP contribution in [0.25, 0.3) is 0 Å². The van der Waals surface area contributed by atoms with Gasteiger partial charge in [-0.15, -0.1) is 0 Å². The minimum atomic E-state index is -3.89. The highest BCUT2D eigenvalue weighted by atomic mass is 35.7. The molecular weight excluding hydrogens is 506 g/mol. The lowest BCUT2D eigenvalue weighted by Gasteiger charge is -2.43. The van der Waals surface area contributed by atoms with E-state index in [0.29, 0.717) is 25.3 Å². The summed E-state index contributed by atoms with van der Waals surface area (Å²) in [6.07, 6.45) is 1.38. The molecule has 7 heteroatoms. The fourth-order valence-electron chi connectivity index (χ4n) is 5.40. The summed E-state index contributed by atoms with van der Waals surface area (Å²) < 4.78 is 31.9. The van der Waals surface area contributed by atoms with Gasteiger partial charge in [-0.05, 0) is 50.9 Å². The Morgan fingerprint density at radius 2 is 1.53 bits per heavy atom. The van der Waals surface area contributed by atoms with E-state index in [1.807, 2.05) is 12.1 Å². The van der Waals surface area contributed by atoms with Crippen molar-refractivity contribution in [2.75, 3.05) is 18.5 Å². The Kier molecular flexibility index (Phi) is 7.46. The molecule has 0 saturated heterocycles. The fourth-order valence-corrected chi connectivity index (χ4v) is 11.1. The molecule has 0 spiro atoms. The van der Waals surface area contributed by atoms with Gasteiger partial charge in [0.2, 0.25) is 0 Å². The Hall–Kier alpha value is -2.12. The number of benzene rings is 3. The van der Waals surface area contributed by atoms with Gasteiger partial charge in [-0.25, -0.2) is 8.42 Å². The Labute approximate surface area is 221 Å². The first-order valence-electron chi connectivity index (χ1n) is 12.4. The molecule has 1 aliphatic rings. The van der Waals surface area contributed by atoms with Crippen LogP contribution in [0.3, 0.4) is 0 Å². The van der Waals surface area contributed by atoms with Crippen molar-refractivity contribution < 1.29 is 12.8 Å². The van der Waals surface area contributed by atoms with E-state index in [0.717, 1.165) is 17.5 Å². The van der Waals surface area contributed by atoms with Gasteiger partial charge in [0, 0.05) is 23.8 Å². The number of anilines is 1. The molecule has 0 unspecified atom stereocenters. The maximum atomic E-state index is 12.5. The minimum absolute atomic E-state index is 0.0321. The molecule has 192 valence electrons. The third-order valence-electron chi connectivity index (χ3n) is 7.05. The molecule has 0 bridgehead atoms. The minimum Gasteiger partial charge on any atom is -0.407 e. The zero-order valence-electron chi connectivity index (χ0n) is 21.8. The van der Waals surface area contributed by atoms with Crippen LogP contribution in [0.5, 0.6) is 0 Å². The van der Waals surface area contributed by atoms with E-state index < -0.39 is 17.4 Å². The van der Waals surface area contributed by atoms with Crippen molar-refractivity contribution in [1.82, 2.24) is 0 Å². The van der Waals surface area contributed by atoms with Gasteiger partial charge in [-0.1, -0.05) is 101 Å². The van der Waals surface area contributed by atoms with Gasteiger partial charge in [0.1, 0.15) is 4.90 Å². The van der Waals surface area contributed by atoms with Crippen molar-refractivity contribution in [2.24, 2.45) is 5.41 Å². The Morgan fingerprint density at radius 1 is 0.972 bits per heavy atom. The van der Waals surface area contributed by atoms with E-state index in [9.17, 15) is 8.42 Å². The van der Waals surface area contributed by atoms with Gasteiger partial charge in [-0.2, -0.15) is 0 Å². The predicted octanol–water partition coefficient (Wildman–Crippen LogP) is 5.73. The van der Waals surface area contributed by atoms with Gasteiger partial charge < -0.3 is 9.74 Å². The molecule has 0 atom stereocenters. The summed E-state index contributed by atoms with van der Waals surface area (Å²) >= 11 is 0. The second-order valence-corrected chi connectivity index (χ2v) is 18.4. The Balaban J connectivity index is 1.71. The average Bonchev–Trinajstić information content (AvgIpc) is 2.80. The summed E-state index contributed by atoms with van der Waals surface area (Å²) in [6.45, 7) is 12.3. The fraction of sp³-hybridized carbons (Fsp3) is 0.379. The second kappa shape index (κ2) is 9.97. The number of nitrogens with one attached hydrogen (secondary N) is 1. The van der Waals surface area contributed by atoms with E-state index in [-0.39, 0.29) is 15.3 Å². The third kappa shape index (κ3) is 5.42. The summed E-state index contributed by atoms with van der Waals surface area (Å²) in [5, 5.41) is 5.64. The molecule has 0 aromatic heterocycles. The van der Waals surface area contributed by atoms with E-state index in [4.69, 9.17) is 15.1 Å². The molecule has 3 aromatic carbocycles.